The number of hydrogen-bond donors (Lipinski definition) is 2. The first kappa shape index (κ1) is 18.4. The van der Waals surface area contributed by atoms with Crippen molar-refractivity contribution in [1.82, 2.24) is 10.2 Å². The molecule has 0 atom stereocenters. The SMILES string of the molecule is C=CC(=O)NCCCN(C)C.COS(=O)(=O)O. The van der Waals surface area contributed by atoms with Crippen LogP contribution in [0.5, 0.6) is 0 Å². The summed E-state index contributed by atoms with van der Waals surface area (Å²) in [5.41, 5.74) is 0. The molecule has 0 bridgehead atoms. The van der Waals surface area contributed by atoms with E-state index in [4.69, 9.17) is 4.55 Å². The standard InChI is InChI=1S/C8H16N2O.CH4O4S/c1-4-8(11)9-6-5-7-10(2)3;1-5-6(2,3)4/h4H,1,5-7H2,2-3H3,(H,9,11);1H3,(H,2,3,4). The molecule has 0 aliphatic rings. The second-order valence-corrected chi connectivity index (χ2v) is 4.44. The molecule has 0 unspecified atom stereocenters. The maximum Gasteiger partial charge on any atom is 0.397 e. The van der Waals surface area contributed by atoms with Crippen molar-refractivity contribution in [2.75, 3.05) is 34.3 Å². The van der Waals surface area contributed by atoms with Crippen LogP contribution in [-0.4, -0.2) is 58.1 Å². The zero-order chi connectivity index (χ0) is 13.9. The van der Waals surface area contributed by atoms with Gasteiger partial charge in [0.15, 0.2) is 0 Å². The summed E-state index contributed by atoms with van der Waals surface area (Å²) in [7, 11) is 0.727. The maximum atomic E-state index is 10.6. The van der Waals surface area contributed by atoms with E-state index in [0.717, 1.165) is 26.6 Å². The van der Waals surface area contributed by atoms with Gasteiger partial charge in [-0.25, -0.2) is 0 Å². The lowest BCUT2D eigenvalue weighted by atomic mass is 10.4. The fraction of sp³-hybridized carbons (Fsp3) is 0.667. The van der Waals surface area contributed by atoms with E-state index in [1.54, 1.807) is 0 Å². The van der Waals surface area contributed by atoms with Crippen molar-refractivity contribution in [2.45, 2.75) is 6.42 Å². The average Bonchev–Trinajstić information content (AvgIpc) is 2.23. The highest BCUT2D eigenvalue weighted by atomic mass is 32.3. The zero-order valence-electron chi connectivity index (χ0n) is 10.3. The molecule has 0 saturated carbocycles. The van der Waals surface area contributed by atoms with Gasteiger partial charge in [0.25, 0.3) is 0 Å². The Labute approximate surface area is 102 Å². The minimum Gasteiger partial charge on any atom is -0.353 e. The summed E-state index contributed by atoms with van der Waals surface area (Å²) in [5, 5.41) is 2.70. The van der Waals surface area contributed by atoms with Gasteiger partial charge in [-0.15, -0.1) is 0 Å². The average molecular weight is 268 g/mol. The van der Waals surface area contributed by atoms with Crippen molar-refractivity contribution < 1.29 is 21.9 Å². The highest BCUT2D eigenvalue weighted by molar-refractivity contribution is 7.80. The van der Waals surface area contributed by atoms with Gasteiger partial charge in [0.05, 0.1) is 7.11 Å². The summed E-state index contributed by atoms with van der Waals surface area (Å²) in [6.45, 7) is 5.07. The molecule has 0 aliphatic heterocycles. The van der Waals surface area contributed by atoms with Gasteiger partial charge in [-0.3, -0.25) is 13.5 Å². The Morgan fingerprint density at radius 3 is 2.29 bits per heavy atom. The zero-order valence-corrected chi connectivity index (χ0v) is 11.2. The third-order valence-corrected chi connectivity index (χ3v) is 1.90. The van der Waals surface area contributed by atoms with E-state index in [9.17, 15) is 13.2 Å². The highest BCUT2D eigenvalue weighted by Crippen LogP contribution is 1.80. The molecule has 0 aromatic rings. The summed E-state index contributed by atoms with van der Waals surface area (Å²) in [5.74, 6) is -0.0937. The van der Waals surface area contributed by atoms with Crippen LogP contribution >= 0.6 is 0 Å². The first-order valence-corrected chi connectivity index (χ1v) is 6.17. The molecule has 0 radical (unpaired) electrons. The number of carbonyl (C=O) groups excluding carboxylic acids is 1. The van der Waals surface area contributed by atoms with Crippen LogP contribution in [-0.2, 0) is 19.4 Å². The number of nitrogens with zero attached hydrogens (tertiary/aromatic N) is 1. The Morgan fingerprint density at radius 1 is 1.53 bits per heavy atom. The van der Waals surface area contributed by atoms with E-state index in [0.29, 0.717) is 0 Å². The number of hydrogen-bond acceptors (Lipinski definition) is 5. The van der Waals surface area contributed by atoms with Gasteiger partial charge in [0, 0.05) is 6.54 Å². The largest absolute Gasteiger partial charge is 0.397 e. The molecule has 1 amide bonds. The van der Waals surface area contributed by atoms with Crippen molar-refractivity contribution in [2.24, 2.45) is 0 Å². The molecule has 7 nitrogen and oxygen atoms in total. The van der Waals surface area contributed by atoms with Crippen LogP contribution in [0.1, 0.15) is 6.42 Å². The van der Waals surface area contributed by atoms with Crippen LogP contribution in [0.15, 0.2) is 12.7 Å². The highest BCUT2D eigenvalue weighted by Gasteiger charge is 1.94. The van der Waals surface area contributed by atoms with E-state index in [1.165, 1.54) is 6.08 Å². The lowest BCUT2D eigenvalue weighted by Gasteiger charge is -2.08. The molecule has 0 aromatic carbocycles. The third kappa shape index (κ3) is 21.0. The quantitative estimate of drug-likeness (QED) is 0.389. The molecule has 0 rings (SSSR count). The molecule has 0 heterocycles. The van der Waals surface area contributed by atoms with E-state index >= 15 is 0 Å². The summed E-state index contributed by atoms with van der Waals surface area (Å²) in [4.78, 5) is 12.7. The van der Waals surface area contributed by atoms with Crippen molar-refractivity contribution in [3.63, 3.8) is 0 Å². The van der Waals surface area contributed by atoms with Crippen LogP contribution in [0.25, 0.3) is 0 Å². The minimum atomic E-state index is -4.16. The van der Waals surface area contributed by atoms with Crippen molar-refractivity contribution >= 4 is 16.3 Å². The molecule has 102 valence electrons. The molecule has 0 fully saturated rings. The number of carbonyl (C=O) groups is 1. The summed E-state index contributed by atoms with van der Waals surface area (Å²) < 4.78 is 29.7. The smallest absolute Gasteiger partial charge is 0.353 e. The molecular weight excluding hydrogens is 248 g/mol. The van der Waals surface area contributed by atoms with Gasteiger partial charge < -0.3 is 10.2 Å². The fourth-order valence-corrected chi connectivity index (χ4v) is 0.679. The Bertz CT molecular complexity index is 313. The molecular formula is C9H20N2O5S. The summed E-state index contributed by atoms with van der Waals surface area (Å²) >= 11 is 0. The molecule has 17 heavy (non-hydrogen) atoms. The minimum absolute atomic E-state index is 0.0937. The van der Waals surface area contributed by atoms with Gasteiger partial charge in [0.1, 0.15) is 0 Å². The first-order valence-electron chi connectivity index (χ1n) is 4.81. The van der Waals surface area contributed by atoms with Gasteiger partial charge in [0.2, 0.25) is 5.91 Å². The lowest BCUT2D eigenvalue weighted by Crippen LogP contribution is -2.25. The van der Waals surface area contributed by atoms with Gasteiger partial charge >= 0.3 is 10.4 Å². The Morgan fingerprint density at radius 2 is 2.00 bits per heavy atom. The first-order chi connectivity index (χ1) is 7.72. The molecule has 0 aromatic heterocycles. The molecule has 0 spiro atoms. The predicted octanol–water partition coefficient (Wildman–Crippen LogP) is -0.324. The van der Waals surface area contributed by atoms with Crippen LogP contribution in [0.2, 0.25) is 0 Å². The van der Waals surface area contributed by atoms with Gasteiger partial charge in [-0.05, 0) is 33.1 Å². The third-order valence-electron chi connectivity index (χ3n) is 1.48. The summed E-state index contributed by atoms with van der Waals surface area (Å²) in [6, 6.07) is 0. The monoisotopic (exact) mass is 268 g/mol. The van der Waals surface area contributed by atoms with Crippen molar-refractivity contribution in [3.8, 4) is 0 Å². The number of nitrogens with one attached hydrogen (secondary N) is 1. The number of rotatable bonds is 6. The Balaban J connectivity index is 0. The van der Waals surface area contributed by atoms with Gasteiger partial charge in [-0.1, -0.05) is 6.58 Å². The normalized spacial score (nSPS) is 10.4. The van der Waals surface area contributed by atoms with E-state index in [1.807, 2.05) is 14.1 Å². The molecule has 0 saturated heterocycles. The molecule has 8 heteroatoms. The molecule has 2 N–H and O–H groups in total. The van der Waals surface area contributed by atoms with Crippen LogP contribution < -0.4 is 5.32 Å². The fourth-order valence-electron chi connectivity index (χ4n) is 0.679. The van der Waals surface area contributed by atoms with E-state index in [2.05, 4.69) is 21.0 Å². The number of amides is 1. The summed E-state index contributed by atoms with van der Waals surface area (Å²) in [6.07, 6.45) is 2.27. The Hall–Kier alpha value is -0.960. The molecule has 0 aliphatic carbocycles. The van der Waals surface area contributed by atoms with Gasteiger partial charge in [-0.2, -0.15) is 8.42 Å². The lowest BCUT2D eigenvalue weighted by molar-refractivity contribution is -0.116. The van der Waals surface area contributed by atoms with E-state index in [-0.39, 0.29) is 5.91 Å². The van der Waals surface area contributed by atoms with Crippen molar-refractivity contribution in [1.29, 1.82) is 0 Å². The van der Waals surface area contributed by atoms with Crippen molar-refractivity contribution in [3.05, 3.63) is 12.7 Å². The van der Waals surface area contributed by atoms with Crippen LogP contribution in [0, 0.1) is 0 Å². The van der Waals surface area contributed by atoms with Crippen LogP contribution in [0.4, 0.5) is 0 Å². The second-order valence-electron chi connectivity index (χ2n) is 3.25. The predicted molar refractivity (Wildman–Crippen MR) is 64.9 cm³/mol. The maximum absolute atomic E-state index is 10.6. The van der Waals surface area contributed by atoms with E-state index < -0.39 is 10.4 Å². The Kier molecular flexibility index (Phi) is 11.1. The van der Waals surface area contributed by atoms with Crippen LogP contribution in [0.3, 0.4) is 0 Å². The second kappa shape index (κ2) is 10.2. The topological polar surface area (TPSA) is 95.9 Å².